The van der Waals surface area contributed by atoms with Crippen molar-refractivity contribution >= 4 is 33.4 Å². The van der Waals surface area contributed by atoms with Gasteiger partial charge in [0.05, 0.1) is 28.8 Å². The Morgan fingerprint density at radius 3 is 2.76 bits per heavy atom. The predicted octanol–water partition coefficient (Wildman–Crippen LogP) is 6.28. The maximum atomic E-state index is 5.01. The normalized spacial score (nSPS) is 16.3. The average Bonchev–Trinajstić information content (AvgIpc) is 3.52. The topological polar surface area (TPSA) is 98.4 Å². The summed E-state index contributed by atoms with van der Waals surface area (Å²) < 4.78 is 0. The van der Waals surface area contributed by atoms with Crippen LogP contribution in [0, 0.1) is 5.92 Å². The van der Waals surface area contributed by atoms with Crippen molar-refractivity contribution in [3.8, 4) is 22.6 Å². The summed E-state index contributed by atoms with van der Waals surface area (Å²) in [7, 11) is 0. The first-order valence-corrected chi connectivity index (χ1v) is 13.2. The van der Waals surface area contributed by atoms with Gasteiger partial charge in [0.2, 0.25) is 0 Å². The molecule has 3 N–H and O–H groups in total. The molecule has 8 nitrogen and oxygen atoms in total. The van der Waals surface area contributed by atoms with Gasteiger partial charge in [0, 0.05) is 47.8 Å². The van der Waals surface area contributed by atoms with E-state index in [4.69, 9.17) is 4.98 Å². The average molecular weight is 491 g/mol. The minimum atomic E-state index is 0.563. The van der Waals surface area contributed by atoms with E-state index in [1.807, 2.05) is 30.7 Å². The van der Waals surface area contributed by atoms with E-state index in [0.29, 0.717) is 5.92 Å². The number of aromatic amines is 2. The minimum absolute atomic E-state index is 0.563. The van der Waals surface area contributed by atoms with E-state index < -0.39 is 0 Å². The van der Waals surface area contributed by atoms with Crippen LogP contribution in [0.25, 0.3) is 44.7 Å². The number of piperidine rings is 1. The highest BCUT2D eigenvalue weighted by atomic mass is 15.1. The standard InChI is InChI=1S/C29H30N8/c1-18(19-6-5-7-19)32-21-14-20(16-30-17-21)23-8-9-24-27(33-23)28(36-35-24)25-15-22-26(10-11-31-29(22)34-25)37-12-3-2-4-13-37/h8-11,14-17,19,32H,1-7,12-13H2,(H,31,34)(H,35,36). The molecule has 2 fully saturated rings. The van der Waals surface area contributed by atoms with Gasteiger partial charge in [-0.1, -0.05) is 13.0 Å². The quantitative estimate of drug-likeness (QED) is 0.259. The van der Waals surface area contributed by atoms with Gasteiger partial charge < -0.3 is 15.2 Å². The maximum absolute atomic E-state index is 5.01. The predicted molar refractivity (Wildman–Crippen MR) is 148 cm³/mol. The number of hydrogen-bond acceptors (Lipinski definition) is 6. The number of pyridine rings is 3. The molecule has 5 aromatic heterocycles. The Labute approximate surface area is 215 Å². The van der Waals surface area contributed by atoms with Gasteiger partial charge >= 0.3 is 0 Å². The summed E-state index contributed by atoms with van der Waals surface area (Å²) in [5, 5.41) is 12.4. The van der Waals surface area contributed by atoms with Crippen LogP contribution < -0.4 is 10.2 Å². The van der Waals surface area contributed by atoms with E-state index >= 15 is 0 Å². The zero-order valence-electron chi connectivity index (χ0n) is 20.8. The molecule has 0 bridgehead atoms. The number of aromatic nitrogens is 6. The molecular formula is C29H30N8. The van der Waals surface area contributed by atoms with Gasteiger partial charge in [-0.2, -0.15) is 5.10 Å². The Kier molecular flexibility index (Phi) is 5.38. The molecule has 0 atom stereocenters. The number of nitrogens with zero attached hydrogens (tertiary/aromatic N) is 5. The fourth-order valence-electron chi connectivity index (χ4n) is 5.49. The summed E-state index contributed by atoms with van der Waals surface area (Å²) in [6.45, 7) is 6.41. The minimum Gasteiger partial charge on any atom is -0.371 e. The summed E-state index contributed by atoms with van der Waals surface area (Å²) >= 11 is 0. The first-order valence-electron chi connectivity index (χ1n) is 13.2. The number of allylic oxidation sites excluding steroid dienone is 1. The lowest BCUT2D eigenvalue weighted by atomic mass is 9.83. The molecule has 186 valence electrons. The molecule has 2 aliphatic rings. The Bertz CT molecular complexity index is 1600. The molecule has 0 spiro atoms. The number of fused-ring (bicyclic) bond motifs is 2. The number of rotatable bonds is 6. The van der Waals surface area contributed by atoms with E-state index in [1.165, 1.54) is 44.2 Å². The van der Waals surface area contributed by atoms with Gasteiger partial charge in [-0.15, -0.1) is 0 Å². The van der Waals surface area contributed by atoms with Gasteiger partial charge in [-0.25, -0.2) is 9.97 Å². The molecule has 8 heteroatoms. The van der Waals surface area contributed by atoms with Crippen molar-refractivity contribution in [2.45, 2.75) is 38.5 Å². The van der Waals surface area contributed by atoms with E-state index in [9.17, 15) is 0 Å². The molecular weight excluding hydrogens is 460 g/mol. The summed E-state index contributed by atoms with van der Waals surface area (Å²) in [5.41, 5.74) is 9.34. The van der Waals surface area contributed by atoms with Crippen LogP contribution in [0.4, 0.5) is 11.4 Å². The number of H-pyrrole nitrogens is 2. The molecule has 1 aliphatic heterocycles. The van der Waals surface area contributed by atoms with Crippen LogP contribution >= 0.6 is 0 Å². The number of anilines is 2. The molecule has 0 amide bonds. The molecule has 37 heavy (non-hydrogen) atoms. The van der Waals surface area contributed by atoms with Crippen molar-refractivity contribution in [1.29, 1.82) is 0 Å². The maximum Gasteiger partial charge on any atom is 0.139 e. The van der Waals surface area contributed by atoms with E-state index in [0.717, 1.165) is 69.2 Å². The molecule has 5 aromatic rings. The lowest BCUT2D eigenvalue weighted by Gasteiger charge is -2.29. The van der Waals surface area contributed by atoms with E-state index in [2.05, 4.69) is 60.1 Å². The third-order valence-electron chi connectivity index (χ3n) is 7.81. The second kappa shape index (κ2) is 9.03. The van der Waals surface area contributed by atoms with Crippen LogP contribution in [0.3, 0.4) is 0 Å². The van der Waals surface area contributed by atoms with Crippen LogP contribution in [0.15, 0.2) is 61.2 Å². The van der Waals surface area contributed by atoms with Gasteiger partial charge in [-0.3, -0.25) is 10.1 Å². The number of hydrogen-bond donors (Lipinski definition) is 3. The molecule has 1 aliphatic carbocycles. The molecule has 0 aromatic carbocycles. The lowest BCUT2D eigenvalue weighted by molar-refractivity contribution is 0.371. The fourth-order valence-corrected chi connectivity index (χ4v) is 5.49. The largest absolute Gasteiger partial charge is 0.371 e. The Hall–Kier alpha value is -4.20. The zero-order valence-corrected chi connectivity index (χ0v) is 20.8. The molecule has 0 unspecified atom stereocenters. The van der Waals surface area contributed by atoms with Gasteiger partial charge in [-0.05, 0) is 68.4 Å². The Balaban J connectivity index is 1.23. The molecule has 1 saturated carbocycles. The van der Waals surface area contributed by atoms with Crippen molar-refractivity contribution in [2.24, 2.45) is 5.92 Å². The van der Waals surface area contributed by atoms with Crippen LogP contribution in [-0.2, 0) is 0 Å². The van der Waals surface area contributed by atoms with Crippen molar-refractivity contribution < 1.29 is 0 Å². The van der Waals surface area contributed by atoms with Crippen LogP contribution in [0.5, 0.6) is 0 Å². The second-order valence-corrected chi connectivity index (χ2v) is 10.2. The first kappa shape index (κ1) is 22.0. The highest BCUT2D eigenvalue weighted by molar-refractivity contribution is 5.97. The molecule has 6 heterocycles. The van der Waals surface area contributed by atoms with Crippen molar-refractivity contribution in [3.05, 3.63) is 61.2 Å². The van der Waals surface area contributed by atoms with Crippen molar-refractivity contribution in [2.75, 3.05) is 23.3 Å². The second-order valence-electron chi connectivity index (χ2n) is 10.2. The Morgan fingerprint density at radius 1 is 1.03 bits per heavy atom. The van der Waals surface area contributed by atoms with Crippen LogP contribution in [0.1, 0.15) is 38.5 Å². The van der Waals surface area contributed by atoms with E-state index in [-0.39, 0.29) is 0 Å². The summed E-state index contributed by atoms with van der Waals surface area (Å²) in [4.78, 5) is 20.0. The zero-order chi connectivity index (χ0) is 24.8. The highest BCUT2D eigenvalue weighted by Gasteiger charge is 2.21. The molecule has 7 rings (SSSR count). The monoisotopic (exact) mass is 490 g/mol. The third-order valence-corrected chi connectivity index (χ3v) is 7.81. The van der Waals surface area contributed by atoms with Crippen LogP contribution in [-0.4, -0.2) is 43.2 Å². The third kappa shape index (κ3) is 4.02. The van der Waals surface area contributed by atoms with Crippen LogP contribution in [0.2, 0.25) is 0 Å². The summed E-state index contributed by atoms with van der Waals surface area (Å²) in [5.74, 6) is 0.563. The summed E-state index contributed by atoms with van der Waals surface area (Å²) in [6, 6.07) is 10.4. The molecule has 1 saturated heterocycles. The van der Waals surface area contributed by atoms with Crippen molar-refractivity contribution in [3.63, 3.8) is 0 Å². The van der Waals surface area contributed by atoms with Gasteiger partial charge in [0.15, 0.2) is 0 Å². The number of nitrogens with one attached hydrogen (secondary N) is 3. The van der Waals surface area contributed by atoms with Gasteiger partial charge in [0.25, 0.3) is 0 Å². The SMILES string of the molecule is C=C(Nc1cncc(-c2ccc3[nH]nc(-c4cc5c(N6CCCCC6)ccnc5[nH]4)c3n2)c1)C1CCC1. The lowest BCUT2D eigenvalue weighted by Crippen LogP contribution is -2.29. The highest BCUT2D eigenvalue weighted by Crippen LogP contribution is 2.35. The summed E-state index contributed by atoms with van der Waals surface area (Å²) in [6.07, 6.45) is 13.1. The first-order chi connectivity index (χ1) is 18.2. The van der Waals surface area contributed by atoms with Gasteiger partial charge in [0.1, 0.15) is 16.9 Å². The van der Waals surface area contributed by atoms with Crippen molar-refractivity contribution in [1.82, 2.24) is 30.1 Å². The fraction of sp³-hybridized carbons (Fsp3) is 0.310. The Morgan fingerprint density at radius 2 is 1.92 bits per heavy atom. The smallest absolute Gasteiger partial charge is 0.139 e. The van der Waals surface area contributed by atoms with E-state index in [1.54, 1.807) is 0 Å². The molecule has 0 radical (unpaired) electrons.